The van der Waals surface area contributed by atoms with E-state index in [9.17, 15) is 8.42 Å². The summed E-state index contributed by atoms with van der Waals surface area (Å²) in [6, 6.07) is 6.89. The minimum atomic E-state index is -3.51. The van der Waals surface area contributed by atoms with Gasteiger partial charge in [0.15, 0.2) is 0 Å². The normalized spacial score (nSPS) is 14.3. The molecule has 1 N–H and O–H groups in total. The van der Waals surface area contributed by atoms with Crippen molar-refractivity contribution in [1.82, 2.24) is 4.31 Å². The Balaban J connectivity index is 2.89. The van der Waals surface area contributed by atoms with Crippen molar-refractivity contribution < 1.29 is 13.5 Å². The number of hydrogen-bond donors (Lipinski definition) is 1. The van der Waals surface area contributed by atoms with Crippen molar-refractivity contribution in [1.29, 1.82) is 0 Å². The van der Waals surface area contributed by atoms with Crippen molar-refractivity contribution in [3.8, 4) is 0 Å². The number of likely N-dealkylation sites (N-methyl/N-ethyl adjacent to an activating group) is 1. The summed E-state index contributed by atoms with van der Waals surface area (Å²) in [6.45, 7) is 1.44. The highest BCUT2D eigenvalue weighted by Crippen LogP contribution is 2.14. The Labute approximate surface area is 116 Å². The van der Waals surface area contributed by atoms with Crippen LogP contribution in [-0.4, -0.2) is 37.5 Å². The topological polar surface area (TPSA) is 57.6 Å². The molecule has 0 fully saturated rings. The lowest BCUT2D eigenvalue weighted by Crippen LogP contribution is -2.35. The predicted molar refractivity (Wildman–Crippen MR) is 76.4 cm³/mol. The van der Waals surface area contributed by atoms with Gasteiger partial charge in [0.25, 0.3) is 0 Å². The van der Waals surface area contributed by atoms with Crippen LogP contribution in [-0.2, 0) is 10.0 Å². The van der Waals surface area contributed by atoms with E-state index in [0.29, 0.717) is 0 Å². The highest BCUT2D eigenvalue weighted by molar-refractivity contribution is 9.10. The van der Waals surface area contributed by atoms with Crippen molar-refractivity contribution in [2.45, 2.75) is 13.0 Å². The Kier molecular flexibility index (Phi) is 5.52. The molecule has 100 valence electrons. The second-order valence-electron chi connectivity index (χ2n) is 3.95. The summed E-state index contributed by atoms with van der Waals surface area (Å²) in [5, 5.41) is 10.1. The van der Waals surface area contributed by atoms with Gasteiger partial charge in [-0.05, 0) is 30.7 Å². The van der Waals surface area contributed by atoms with Gasteiger partial charge >= 0.3 is 0 Å². The quantitative estimate of drug-likeness (QED) is 0.897. The lowest BCUT2D eigenvalue weighted by atomic mass is 10.2. The molecule has 0 aliphatic carbocycles. The second-order valence-corrected chi connectivity index (χ2v) is 6.74. The van der Waals surface area contributed by atoms with Gasteiger partial charge in [-0.2, -0.15) is 4.31 Å². The first kappa shape index (κ1) is 15.4. The van der Waals surface area contributed by atoms with Crippen LogP contribution in [0.2, 0.25) is 0 Å². The summed E-state index contributed by atoms with van der Waals surface area (Å²) < 4.78 is 25.8. The maximum Gasteiger partial charge on any atom is 0.236 e. The Hall–Kier alpha value is -0.690. The van der Waals surface area contributed by atoms with Crippen LogP contribution >= 0.6 is 15.9 Å². The minimum absolute atomic E-state index is 0.208. The van der Waals surface area contributed by atoms with E-state index in [1.165, 1.54) is 13.1 Å². The molecular weight excluding hydrogens is 318 g/mol. The monoisotopic (exact) mass is 333 g/mol. The number of aliphatic hydroxyl groups is 1. The zero-order valence-electron chi connectivity index (χ0n) is 10.2. The summed E-state index contributed by atoms with van der Waals surface area (Å²) in [5.41, 5.74) is 0.790. The SMILES string of the molecule is CC(CO)N(C)S(=O)(=O)/C=C/c1cccc(Br)c1. The van der Waals surface area contributed by atoms with Crippen molar-refractivity contribution in [2.24, 2.45) is 0 Å². The third kappa shape index (κ3) is 4.20. The van der Waals surface area contributed by atoms with Crippen molar-refractivity contribution in [3.05, 3.63) is 39.7 Å². The molecule has 0 radical (unpaired) electrons. The number of aliphatic hydroxyl groups excluding tert-OH is 1. The predicted octanol–water partition coefficient (Wildman–Crippen LogP) is 2.06. The molecule has 0 amide bonds. The summed E-state index contributed by atoms with van der Waals surface area (Å²) in [6.07, 6.45) is 1.53. The number of rotatable bonds is 5. The van der Waals surface area contributed by atoms with Crippen molar-refractivity contribution in [3.63, 3.8) is 0 Å². The highest BCUT2D eigenvalue weighted by Gasteiger charge is 2.19. The van der Waals surface area contributed by atoms with Gasteiger partial charge in [0.05, 0.1) is 6.61 Å². The van der Waals surface area contributed by atoms with Crippen molar-refractivity contribution in [2.75, 3.05) is 13.7 Å². The standard InChI is InChI=1S/C12H16BrNO3S/c1-10(9-15)14(2)18(16,17)7-6-11-4-3-5-12(13)8-11/h3-8,10,15H,9H2,1-2H3/b7-6+. The molecule has 0 heterocycles. The van der Waals surface area contributed by atoms with Crippen molar-refractivity contribution >= 4 is 32.0 Å². The molecular formula is C12H16BrNO3S. The molecule has 1 aromatic rings. The van der Waals surface area contributed by atoms with E-state index in [1.54, 1.807) is 6.92 Å². The van der Waals surface area contributed by atoms with E-state index >= 15 is 0 Å². The number of hydrogen-bond acceptors (Lipinski definition) is 3. The molecule has 18 heavy (non-hydrogen) atoms. The smallest absolute Gasteiger partial charge is 0.236 e. The first-order chi connectivity index (χ1) is 8.36. The van der Waals surface area contributed by atoms with Crippen LogP contribution in [0.1, 0.15) is 12.5 Å². The van der Waals surface area contributed by atoms with Gasteiger partial charge in [0.2, 0.25) is 10.0 Å². The van der Waals surface area contributed by atoms with Gasteiger partial charge in [-0.3, -0.25) is 0 Å². The summed E-state index contributed by atoms with van der Waals surface area (Å²) in [5.74, 6) is 0. The van der Waals surface area contributed by atoms with E-state index in [2.05, 4.69) is 15.9 Å². The molecule has 4 nitrogen and oxygen atoms in total. The first-order valence-corrected chi connectivity index (χ1v) is 7.69. The maximum atomic E-state index is 11.9. The average molecular weight is 334 g/mol. The third-order valence-corrected chi connectivity index (χ3v) is 4.70. The van der Waals surface area contributed by atoms with E-state index in [1.807, 2.05) is 24.3 Å². The van der Waals surface area contributed by atoms with Gasteiger partial charge in [0.1, 0.15) is 0 Å². The van der Waals surface area contributed by atoms with Gasteiger partial charge in [-0.25, -0.2) is 8.42 Å². The van der Waals surface area contributed by atoms with Gasteiger partial charge in [0, 0.05) is 23.0 Å². The van der Waals surface area contributed by atoms with Gasteiger partial charge in [-0.1, -0.05) is 28.1 Å². The van der Waals surface area contributed by atoms with Crippen LogP contribution in [0.5, 0.6) is 0 Å². The Morgan fingerprint density at radius 1 is 1.50 bits per heavy atom. The molecule has 6 heteroatoms. The fourth-order valence-electron chi connectivity index (χ4n) is 1.24. The highest BCUT2D eigenvalue weighted by atomic mass is 79.9. The van der Waals surface area contributed by atoms with Crippen LogP contribution in [0.25, 0.3) is 6.08 Å². The van der Waals surface area contributed by atoms with E-state index < -0.39 is 16.1 Å². The molecule has 1 rings (SSSR count). The van der Waals surface area contributed by atoms with Crippen LogP contribution in [0.4, 0.5) is 0 Å². The Morgan fingerprint density at radius 2 is 2.17 bits per heavy atom. The van der Waals surface area contributed by atoms with E-state index in [4.69, 9.17) is 5.11 Å². The second kappa shape index (κ2) is 6.47. The zero-order chi connectivity index (χ0) is 13.8. The van der Waals surface area contributed by atoms with Crippen LogP contribution in [0.3, 0.4) is 0 Å². The van der Waals surface area contributed by atoms with Gasteiger partial charge in [-0.15, -0.1) is 0 Å². The van der Waals surface area contributed by atoms with E-state index in [-0.39, 0.29) is 6.61 Å². The largest absolute Gasteiger partial charge is 0.395 e. The summed E-state index contributed by atoms with van der Waals surface area (Å²) in [4.78, 5) is 0. The third-order valence-electron chi connectivity index (χ3n) is 2.57. The van der Waals surface area contributed by atoms with E-state index in [0.717, 1.165) is 19.7 Å². The number of nitrogens with zero attached hydrogens (tertiary/aromatic N) is 1. The van der Waals surface area contributed by atoms with Crippen LogP contribution < -0.4 is 0 Å². The van der Waals surface area contributed by atoms with Crippen LogP contribution in [0.15, 0.2) is 34.1 Å². The minimum Gasteiger partial charge on any atom is -0.395 e. The molecule has 0 aromatic heterocycles. The molecule has 1 atom stereocenters. The Bertz CT molecular complexity index is 528. The lowest BCUT2D eigenvalue weighted by molar-refractivity contribution is 0.215. The van der Waals surface area contributed by atoms with Gasteiger partial charge < -0.3 is 5.11 Å². The van der Waals surface area contributed by atoms with Crippen LogP contribution in [0, 0.1) is 0 Å². The molecule has 0 aliphatic rings. The first-order valence-electron chi connectivity index (χ1n) is 5.39. The number of halogens is 1. The maximum absolute atomic E-state index is 11.9. The molecule has 0 aliphatic heterocycles. The Morgan fingerprint density at radius 3 is 2.72 bits per heavy atom. The summed E-state index contributed by atoms with van der Waals surface area (Å²) in [7, 11) is -2.06. The zero-order valence-corrected chi connectivity index (χ0v) is 12.6. The molecule has 0 bridgehead atoms. The molecule has 0 spiro atoms. The fraction of sp³-hybridized carbons (Fsp3) is 0.333. The summed E-state index contributed by atoms with van der Waals surface area (Å²) >= 11 is 3.32. The number of benzene rings is 1. The molecule has 1 aromatic carbocycles. The molecule has 0 saturated heterocycles. The molecule has 1 unspecified atom stereocenters. The average Bonchev–Trinajstić information content (AvgIpc) is 2.34. The molecule has 0 saturated carbocycles. The lowest BCUT2D eigenvalue weighted by Gasteiger charge is -2.20. The number of sulfonamides is 1. The fourth-order valence-corrected chi connectivity index (χ4v) is 2.74.